The number of alkyl halides is 3. The Morgan fingerprint density at radius 1 is 1.03 bits per heavy atom. The molecule has 2 aromatic carbocycles. The number of carbonyl (C=O) groups is 2. The monoisotopic (exact) mass is 417 g/mol. The number of nitrogens with zero attached hydrogens (tertiary/aromatic N) is 3. The van der Waals surface area contributed by atoms with Gasteiger partial charge in [0.05, 0.1) is 24.0 Å². The maximum atomic E-state index is 13.2. The van der Waals surface area contributed by atoms with Crippen molar-refractivity contribution in [2.24, 2.45) is 0 Å². The average molecular weight is 417 g/mol. The van der Waals surface area contributed by atoms with Gasteiger partial charge in [-0.3, -0.25) is 9.59 Å². The molecule has 0 bridgehead atoms. The highest BCUT2D eigenvalue weighted by atomic mass is 19.4. The van der Waals surface area contributed by atoms with E-state index in [0.29, 0.717) is 5.69 Å². The molecule has 10 heteroatoms. The molecule has 3 rings (SSSR count). The maximum Gasteiger partial charge on any atom is 0.418 e. The third-order valence-electron chi connectivity index (χ3n) is 4.34. The molecule has 0 radical (unpaired) electrons. The number of carbonyl (C=O) groups excluding carboxylic acids is 2. The zero-order valence-corrected chi connectivity index (χ0v) is 16.1. The van der Waals surface area contributed by atoms with Crippen LogP contribution in [-0.2, 0) is 11.0 Å². The first-order valence-electron chi connectivity index (χ1n) is 8.90. The van der Waals surface area contributed by atoms with Crippen LogP contribution < -0.4 is 10.6 Å². The number of amides is 2. The van der Waals surface area contributed by atoms with E-state index in [0.717, 1.165) is 28.1 Å². The summed E-state index contributed by atoms with van der Waals surface area (Å²) in [4.78, 5) is 24.4. The Labute approximate surface area is 169 Å². The fourth-order valence-corrected chi connectivity index (χ4v) is 2.85. The Balaban J connectivity index is 1.67. The topological polar surface area (TPSA) is 88.9 Å². The van der Waals surface area contributed by atoms with Crippen LogP contribution in [0.25, 0.3) is 5.69 Å². The van der Waals surface area contributed by atoms with Crippen LogP contribution >= 0.6 is 0 Å². The van der Waals surface area contributed by atoms with Crippen molar-refractivity contribution < 1.29 is 22.8 Å². The summed E-state index contributed by atoms with van der Waals surface area (Å²) in [5.41, 5.74) is 1.03. The van der Waals surface area contributed by atoms with Crippen LogP contribution in [0, 0.1) is 13.8 Å². The lowest BCUT2D eigenvalue weighted by Gasteiger charge is -2.11. The molecule has 1 aromatic heterocycles. The van der Waals surface area contributed by atoms with Gasteiger partial charge in [0.2, 0.25) is 5.91 Å². The van der Waals surface area contributed by atoms with Crippen LogP contribution in [0.5, 0.6) is 0 Å². The summed E-state index contributed by atoms with van der Waals surface area (Å²) in [5.74, 6) is -1.18. The number of aryl methyl sites for hydroxylation is 2. The van der Waals surface area contributed by atoms with Crippen molar-refractivity contribution in [3.63, 3.8) is 0 Å². The number of benzene rings is 2. The van der Waals surface area contributed by atoms with Crippen molar-refractivity contribution in [2.45, 2.75) is 20.0 Å². The molecule has 0 spiro atoms. The fraction of sp³-hybridized carbons (Fsp3) is 0.200. The van der Waals surface area contributed by atoms with E-state index in [4.69, 9.17) is 0 Å². The van der Waals surface area contributed by atoms with E-state index >= 15 is 0 Å². The van der Waals surface area contributed by atoms with Crippen LogP contribution in [0.15, 0.2) is 48.7 Å². The van der Waals surface area contributed by atoms with Gasteiger partial charge in [-0.1, -0.05) is 35.5 Å². The van der Waals surface area contributed by atoms with Gasteiger partial charge in [0, 0.05) is 5.69 Å². The first-order valence-corrected chi connectivity index (χ1v) is 8.90. The first-order chi connectivity index (χ1) is 14.2. The lowest BCUT2D eigenvalue weighted by molar-refractivity contribution is -0.137. The predicted molar refractivity (Wildman–Crippen MR) is 103 cm³/mol. The number of aromatic nitrogens is 3. The van der Waals surface area contributed by atoms with Crippen molar-refractivity contribution in [2.75, 3.05) is 11.9 Å². The van der Waals surface area contributed by atoms with E-state index in [9.17, 15) is 22.8 Å². The minimum Gasteiger partial charge on any atom is -0.342 e. The predicted octanol–water partition coefficient (Wildman–Crippen LogP) is 3.27. The molecular weight excluding hydrogens is 399 g/mol. The van der Waals surface area contributed by atoms with Gasteiger partial charge in [-0.15, -0.1) is 5.10 Å². The molecule has 0 saturated heterocycles. The first kappa shape index (κ1) is 21.0. The van der Waals surface area contributed by atoms with E-state index in [1.807, 2.05) is 32.0 Å². The van der Waals surface area contributed by atoms with Gasteiger partial charge in [0.25, 0.3) is 5.91 Å². The quantitative estimate of drug-likeness (QED) is 0.667. The molecule has 0 aliphatic heterocycles. The van der Waals surface area contributed by atoms with Crippen LogP contribution in [-0.4, -0.2) is 33.4 Å². The van der Waals surface area contributed by atoms with E-state index in [2.05, 4.69) is 20.9 Å². The second kappa shape index (κ2) is 8.36. The minimum absolute atomic E-state index is 0.216. The highest BCUT2D eigenvalue weighted by Gasteiger charge is 2.34. The lowest BCUT2D eigenvalue weighted by Crippen LogP contribution is -2.33. The summed E-state index contributed by atoms with van der Waals surface area (Å²) in [7, 11) is 0. The second-order valence-electron chi connectivity index (χ2n) is 6.56. The Kier molecular flexibility index (Phi) is 5.86. The van der Waals surface area contributed by atoms with Gasteiger partial charge >= 0.3 is 6.18 Å². The summed E-state index contributed by atoms with van der Waals surface area (Å²) in [6.07, 6.45) is -3.51. The number of halogens is 3. The summed E-state index contributed by atoms with van der Waals surface area (Å²) >= 11 is 0. The molecule has 3 aromatic rings. The molecule has 2 N–H and O–H groups in total. The SMILES string of the molecule is Cc1cccc(C)c1NC(=O)CNC(=O)c1cn(-c2ccccc2C(F)(F)F)nn1. The number of para-hydroxylation sites is 2. The van der Waals surface area contributed by atoms with E-state index in [1.165, 1.54) is 18.2 Å². The molecule has 30 heavy (non-hydrogen) atoms. The summed E-state index contributed by atoms with van der Waals surface area (Å²) in [6.45, 7) is 3.36. The Hall–Kier alpha value is -3.69. The van der Waals surface area contributed by atoms with Gasteiger partial charge in [-0.25, -0.2) is 4.68 Å². The van der Waals surface area contributed by atoms with E-state index in [1.54, 1.807) is 0 Å². The number of rotatable bonds is 5. The number of nitrogens with one attached hydrogen (secondary N) is 2. The molecule has 7 nitrogen and oxygen atoms in total. The third-order valence-corrected chi connectivity index (χ3v) is 4.34. The Bertz CT molecular complexity index is 1070. The van der Waals surface area contributed by atoms with Crippen molar-refractivity contribution >= 4 is 17.5 Å². The second-order valence-corrected chi connectivity index (χ2v) is 6.56. The molecular formula is C20H18F3N5O2. The summed E-state index contributed by atoms with van der Waals surface area (Å²) < 4.78 is 40.3. The lowest BCUT2D eigenvalue weighted by atomic mass is 10.1. The molecule has 156 valence electrons. The molecule has 0 unspecified atom stereocenters. The third kappa shape index (κ3) is 4.65. The molecule has 0 fully saturated rings. The van der Waals surface area contributed by atoms with Gasteiger partial charge < -0.3 is 10.6 Å². The largest absolute Gasteiger partial charge is 0.418 e. The van der Waals surface area contributed by atoms with Crippen molar-refractivity contribution in [1.82, 2.24) is 20.3 Å². The van der Waals surface area contributed by atoms with Crippen LogP contribution in [0.4, 0.5) is 18.9 Å². The standard InChI is InChI=1S/C20H18F3N5O2/c1-12-6-5-7-13(2)18(12)25-17(29)10-24-19(30)15-11-28(27-26-15)16-9-4-3-8-14(16)20(21,22)23/h3-9,11H,10H2,1-2H3,(H,24,30)(H,25,29). The van der Waals surface area contributed by atoms with Crippen LogP contribution in [0.2, 0.25) is 0 Å². The minimum atomic E-state index is -4.59. The normalized spacial score (nSPS) is 11.2. The number of anilines is 1. The van der Waals surface area contributed by atoms with E-state index < -0.39 is 23.6 Å². The van der Waals surface area contributed by atoms with Crippen LogP contribution in [0.1, 0.15) is 27.2 Å². The molecule has 2 amide bonds. The van der Waals surface area contributed by atoms with Gasteiger partial charge in [0.1, 0.15) is 0 Å². The maximum absolute atomic E-state index is 13.2. The van der Waals surface area contributed by atoms with Crippen molar-refractivity contribution in [3.05, 3.63) is 71.0 Å². The fourth-order valence-electron chi connectivity index (χ4n) is 2.85. The smallest absolute Gasteiger partial charge is 0.342 e. The van der Waals surface area contributed by atoms with Gasteiger partial charge in [-0.05, 0) is 37.1 Å². The van der Waals surface area contributed by atoms with Crippen molar-refractivity contribution in [3.8, 4) is 5.69 Å². The molecule has 0 saturated carbocycles. The zero-order valence-electron chi connectivity index (χ0n) is 16.1. The summed E-state index contributed by atoms with van der Waals surface area (Å²) in [6, 6.07) is 10.4. The number of hydrogen-bond donors (Lipinski definition) is 2. The zero-order chi connectivity index (χ0) is 21.9. The molecule has 0 atom stereocenters. The average Bonchev–Trinajstić information content (AvgIpc) is 3.19. The summed E-state index contributed by atoms with van der Waals surface area (Å²) in [5, 5.41) is 12.3. The highest BCUT2D eigenvalue weighted by molar-refractivity contribution is 5.98. The Morgan fingerprint density at radius 3 is 2.37 bits per heavy atom. The number of hydrogen-bond acceptors (Lipinski definition) is 4. The highest BCUT2D eigenvalue weighted by Crippen LogP contribution is 2.33. The molecule has 0 aliphatic carbocycles. The molecule has 1 heterocycles. The van der Waals surface area contributed by atoms with Crippen LogP contribution in [0.3, 0.4) is 0 Å². The van der Waals surface area contributed by atoms with Gasteiger partial charge in [0.15, 0.2) is 5.69 Å². The van der Waals surface area contributed by atoms with E-state index in [-0.39, 0.29) is 17.9 Å². The van der Waals surface area contributed by atoms with Crippen molar-refractivity contribution in [1.29, 1.82) is 0 Å². The van der Waals surface area contributed by atoms with Gasteiger partial charge in [-0.2, -0.15) is 13.2 Å². The molecule has 0 aliphatic rings. The Morgan fingerprint density at radius 2 is 1.70 bits per heavy atom.